The third-order valence-electron chi connectivity index (χ3n) is 3.54. The number of nitrogens with two attached hydrogens (primary N) is 1. The van der Waals surface area contributed by atoms with E-state index in [4.69, 9.17) is 5.84 Å². The first-order chi connectivity index (χ1) is 9.85. The minimum Gasteiger partial charge on any atom is -0.372 e. The number of hydrogen-bond acceptors (Lipinski definition) is 5. The van der Waals surface area contributed by atoms with E-state index in [1.54, 1.807) is 6.20 Å². The molecule has 0 bridgehead atoms. The summed E-state index contributed by atoms with van der Waals surface area (Å²) in [6.07, 6.45) is 4.31. The predicted molar refractivity (Wildman–Crippen MR) is 83.2 cm³/mol. The third-order valence-corrected chi connectivity index (χ3v) is 3.54. The molecular weight excluding hydrogens is 250 g/mol. The van der Waals surface area contributed by atoms with Gasteiger partial charge in [-0.1, -0.05) is 0 Å². The molecule has 0 saturated carbocycles. The van der Waals surface area contributed by atoms with Crippen LogP contribution in [-0.2, 0) is 0 Å². The molecule has 1 saturated heterocycles. The number of anilines is 4. The molecule has 5 nitrogen and oxygen atoms in total. The molecule has 1 aliphatic rings. The summed E-state index contributed by atoms with van der Waals surface area (Å²) in [7, 11) is 0. The fraction of sp³-hybridized carbons (Fsp3) is 0.267. The molecule has 2 heterocycles. The Balaban J connectivity index is 1.71. The first kappa shape index (κ1) is 12.7. The van der Waals surface area contributed by atoms with E-state index in [2.05, 4.69) is 44.9 Å². The Morgan fingerprint density at radius 3 is 2.45 bits per heavy atom. The summed E-state index contributed by atoms with van der Waals surface area (Å²) in [4.78, 5) is 6.51. The van der Waals surface area contributed by atoms with Gasteiger partial charge in [-0.25, -0.2) is 10.8 Å². The van der Waals surface area contributed by atoms with Crippen molar-refractivity contribution >= 4 is 22.9 Å². The first-order valence-electron chi connectivity index (χ1n) is 6.90. The molecule has 0 radical (unpaired) electrons. The number of hydrogen-bond donors (Lipinski definition) is 3. The Morgan fingerprint density at radius 2 is 1.75 bits per heavy atom. The van der Waals surface area contributed by atoms with E-state index in [1.165, 1.54) is 31.6 Å². The Kier molecular flexibility index (Phi) is 3.69. The van der Waals surface area contributed by atoms with Crippen LogP contribution in [0.4, 0.5) is 22.9 Å². The summed E-state index contributed by atoms with van der Waals surface area (Å²) in [5.74, 6) is 6.00. The van der Waals surface area contributed by atoms with Gasteiger partial charge in [0.15, 0.2) is 0 Å². The molecule has 20 heavy (non-hydrogen) atoms. The smallest absolute Gasteiger partial charge is 0.141 e. The molecule has 0 unspecified atom stereocenters. The Bertz CT molecular complexity index is 561. The molecular formula is C15H19N5. The second-order valence-electron chi connectivity index (χ2n) is 4.94. The largest absolute Gasteiger partial charge is 0.372 e. The summed E-state index contributed by atoms with van der Waals surface area (Å²) >= 11 is 0. The second-order valence-corrected chi connectivity index (χ2v) is 4.94. The van der Waals surface area contributed by atoms with Crippen molar-refractivity contribution in [2.24, 2.45) is 5.84 Å². The minimum absolute atomic E-state index is 0.642. The molecule has 5 heteroatoms. The average molecular weight is 269 g/mol. The molecule has 1 fully saturated rings. The second kappa shape index (κ2) is 5.79. The van der Waals surface area contributed by atoms with Gasteiger partial charge in [0.1, 0.15) is 5.82 Å². The van der Waals surface area contributed by atoms with Crippen LogP contribution >= 0.6 is 0 Å². The highest BCUT2D eigenvalue weighted by Crippen LogP contribution is 2.24. The van der Waals surface area contributed by atoms with Crippen molar-refractivity contribution < 1.29 is 0 Å². The summed E-state index contributed by atoms with van der Waals surface area (Å²) in [6.45, 7) is 2.34. The van der Waals surface area contributed by atoms with Crippen molar-refractivity contribution in [2.45, 2.75) is 12.8 Å². The molecule has 0 amide bonds. The Hall–Kier alpha value is -2.27. The standard InChI is InChI=1S/C15H19N5/c16-19-15-11-13(7-8-17-15)18-12-3-5-14(6-4-12)20-9-1-2-10-20/h3-8,11H,1-2,9-10,16H2,(H2,17,18,19). The molecule has 2 aromatic rings. The Morgan fingerprint density at radius 1 is 1.00 bits per heavy atom. The quantitative estimate of drug-likeness (QED) is 0.588. The van der Waals surface area contributed by atoms with Crippen LogP contribution in [0, 0.1) is 0 Å². The van der Waals surface area contributed by atoms with Gasteiger partial charge in [0.25, 0.3) is 0 Å². The third kappa shape index (κ3) is 2.83. The average Bonchev–Trinajstić information content (AvgIpc) is 3.02. The summed E-state index contributed by atoms with van der Waals surface area (Å²) in [5.41, 5.74) is 5.86. The maximum absolute atomic E-state index is 5.36. The van der Waals surface area contributed by atoms with E-state index in [0.29, 0.717) is 5.82 Å². The monoisotopic (exact) mass is 269 g/mol. The first-order valence-corrected chi connectivity index (χ1v) is 6.90. The van der Waals surface area contributed by atoms with E-state index < -0.39 is 0 Å². The van der Waals surface area contributed by atoms with Gasteiger partial charge in [-0.2, -0.15) is 0 Å². The number of aromatic nitrogens is 1. The van der Waals surface area contributed by atoms with E-state index in [9.17, 15) is 0 Å². The van der Waals surface area contributed by atoms with Crippen LogP contribution in [0.2, 0.25) is 0 Å². The maximum atomic E-state index is 5.36. The van der Waals surface area contributed by atoms with Gasteiger partial charge in [-0.05, 0) is 43.2 Å². The molecule has 104 valence electrons. The summed E-state index contributed by atoms with van der Waals surface area (Å²) in [6, 6.07) is 12.3. The van der Waals surface area contributed by atoms with Gasteiger partial charge in [-0.15, -0.1) is 0 Å². The molecule has 0 atom stereocenters. The minimum atomic E-state index is 0.642. The highest BCUT2D eigenvalue weighted by Gasteiger charge is 2.11. The van der Waals surface area contributed by atoms with Gasteiger partial charge in [0, 0.05) is 42.4 Å². The highest BCUT2D eigenvalue weighted by molar-refractivity contribution is 5.64. The van der Waals surface area contributed by atoms with Crippen molar-refractivity contribution in [2.75, 3.05) is 28.7 Å². The lowest BCUT2D eigenvalue weighted by Gasteiger charge is -2.18. The van der Waals surface area contributed by atoms with Crippen LogP contribution in [0.25, 0.3) is 0 Å². The summed E-state index contributed by atoms with van der Waals surface area (Å²) < 4.78 is 0. The van der Waals surface area contributed by atoms with Gasteiger partial charge in [0.05, 0.1) is 0 Å². The topological polar surface area (TPSA) is 66.2 Å². The Labute approximate surface area is 118 Å². The van der Waals surface area contributed by atoms with Gasteiger partial charge in [-0.3, -0.25) is 0 Å². The zero-order valence-corrected chi connectivity index (χ0v) is 11.3. The number of nitrogens with zero attached hydrogens (tertiary/aromatic N) is 2. The number of nitrogen functional groups attached to an aromatic ring is 1. The van der Waals surface area contributed by atoms with Crippen molar-refractivity contribution in [1.29, 1.82) is 0 Å². The lowest BCUT2D eigenvalue weighted by molar-refractivity contribution is 0.949. The van der Waals surface area contributed by atoms with E-state index >= 15 is 0 Å². The lowest BCUT2D eigenvalue weighted by atomic mass is 10.2. The van der Waals surface area contributed by atoms with Crippen molar-refractivity contribution in [3.8, 4) is 0 Å². The fourth-order valence-electron chi connectivity index (χ4n) is 2.48. The highest BCUT2D eigenvalue weighted by atomic mass is 15.2. The van der Waals surface area contributed by atoms with Crippen molar-refractivity contribution in [1.82, 2.24) is 4.98 Å². The van der Waals surface area contributed by atoms with Crippen LogP contribution in [-0.4, -0.2) is 18.1 Å². The number of hydrazine groups is 1. The fourth-order valence-corrected chi connectivity index (χ4v) is 2.48. The lowest BCUT2D eigenvalue weighted by Crippen LogP contribution is -2.17. The van der Waals surface area contributed by atoms with E-state index in [0.717, 1.165) is 11.4 Å². The van der Waals surface area contributed by atoms with Crippen LogP contribution in [0.1, 0.15) is 12.8 Å². The number of rotatable bonds is 4. The summed E-state index contributed by atoms with van der Waals surface area (Å²) in [5, 5.41) is 3.34. The molecule has 0 aliphatic carbocycles. The van der Waals surface area contributed by atoms with Crippen LogP contribution in [0.5, 0.6) is 0 Å². The SMILES string of the molecule is NNc1cc(Nc2ccc(N3CCCC3)cc2)ccn1. The van der Waals surface area contributed by atoms with Gasteiger partial charge >= 0.3 is 0 Å². The number of pyridine rings is 1. The molecule has 1 aliphatic heterocycles. The van der Waals surface area contributed by atoms with Gasteiger partial charge < -0.3 is 15.6 Å². The van der Waals surface area contributed by atoms with Crippen LogP contribution < -0.4 is 21.5 Å². The van der Waals surface area contributed by atoms with Crippen molar-refractivity contribution in [3.05, 3.63) is 42.6 Å². The molecule has 1 aromatic heterocycles. The van der Waals surface area contributed by atoms with Crippen LogP contribution in [0.15, 0.2) is 42.6 Å². The van der Waals surface area contributed by atoms with E-state index in [-0.39, 0.29) is 0 Å². The van der Waals surface area contributed by atoms with Crippen molar-refractivity contribution in [3.63, 3.8) is 0 Å². The number of nitrogens with one attached hydrogen (secondary N) is 2. The maximum Gasteiger partial charge on any atom is 0.141 e. The normalized spacial score (nSPS) is 14.3. The zero-order valence-electron chi connectivity index (χ0n) is 11.3. The molecule has 3 rings (SSSR count). The number of benzene rings is 1. The van der Waals surface area contributed by atoms with Crippen LogP contribution in [0.3, 0.4) is 0 Å². The molecule has 1 aromatic carbocycles. The predicted octanol–water partition coefficient (Wildman–Crippen LogP) is 2.71. The van der Waals surface area contributed by atoms with Gasteiger partial charge in [0.2, 0.25) is 0 Å². The van der Waals surface area contributed by atoms with E-state index in [1.807, 2.05) is 12.1 Å². The molecule has 4 N–H and O–H groups in total. The zero-order chi connectivity index (χ0) is 13.8. The molecule has 0 spiro atoms.